The first-order valence-electron chi connectivity index (χ1n) is 8.05. The molecule has 0 spiro atoms. The van der Waals surface area contributed by atoms with Crippen LogP contribution in [0.15, 0.2) is 48.7 Å². The first-order chi connectivity index (χ1) is 11.0. The molecular formula is C21H22N2. The van der Waals surface area contributed by atoms with E-state index in [1.165, 1.54) is 22.1 Å². The SMILES string of the molecule is Cc1ccc(C(C)(c2c[nH]c3cc(C#N)ccc23)C(C)C)cc1. The molecule has 0 saturated carbocycles. The third-order valence-corrected chi connectivity index (χ3v) is 5.18. The van der Waals surface area contributed by atoms with E-state index >= 15 is 0 Å². The van der Waals surface area contributed by atoms with Crippen LogP contribution in [0.5, 0.6) is 0 Å². The largest absolute Gasteiger partial charge is 0.361 e. The number of nitriles is 1. The summed E-state index contributed by atoms with van der Waals surface area (Å²) >= 11 is 0. The summed E-state index contributed by atoms with van der Waals surface area (Å²) in [4.78, 5) is 3.35. The molecule has 116 valence electrons. The Morgan fingerprint density at radius 1 is 1.09 bits per heavy atom. The molecule has 3 aromatic rings. The van der Waals surface area contributed by atoms with Crippen LogP contribution in [0.3, 0.4) is 0 Å². The molecule has 0 fully saturated rings. The lowest BCUT2D eigenvalue weighted by Gasteiger charge is -2.35. The summed E-state index contributed by atoms with van der Waals surface area (Å²) in [7, 11) is 0. The monoisotopic (exact) mass is 302 g/mol. The molecule has 0 radical (unpaired) electrons. The van der Waals surface area contributed by atoms with E-state index in [4.69, 9.17) is 5.26 Å². The van der Waals surface area contributed by atoms with Crippen LogP contribution in [0, 0.1) is 24.2 Å². The quantitative estimate of drug-likeness (QED) is 0.699. The summed E-state index contributed by atoms with van der Waals surface area (Å²) in [5.41, 5.74) is 5.52. The molecule has 0 amide bonds. The van der Waals surface area contributed by atoms with E-state index in [0.29, 0.717) is 11.5 Å². The lowest BCUT2D eigenvalue weighted by Crippen LogP contribution is -2.29. The van der Waals surface area contributed by atoms with Crippen molar-refractivity contribution in [1.29, 1.82) is 5.26 Å². The number of nitrogens with zero attached hydrogens (tertiary/aromatic N) is 1. The maximum atomic E-state index is 9.09. The van der Waals surface area contributed by atoms with Crippen LogP contribution >= 0.6 is 0 Å². The van der Waals surface area contributed by atoms with E-state index in [9.17, 15) is 0 Å². The first-order valence-corrected chi connectivity index (χ1v) is 8.05. The molecule has 1 atom stereocenters. The minimum atomic E-state index is -0.0832. The standard InChI is InChI=1S/C21H22N2/c1-14(2)21(4,17-8-5-15(3)6-9-17)19-13-23-20-11-16(12-22)7-10-18(19)20/h5-11,13-14,23H,1-4H3. The normalized spacial score (nSPS) is 13.9. The van der Waals surface area contributed by atoms with Gasteiger partial charge in [-0.2, -0.15) is 5.26 Å². The lowest BCUT2D eigenvalue weighted by atomic mass is 9.68. The molecule has 1 unspecified atom stereocenters. The van der Waals surface area contributed by atoms with E-state index in [1.807, 2.05) is 12.1 Å². The average molecular weight is 302 g/mol. The Hall–Kier alpha value is -2.53. The van der Waals surface area contributed by atoms with Crippen molar-refractivity contribution in [3.05, 3.63) is 70.9 Å². The third kappa shape index (κ3) is 2.43. The maximum Gasteiger partial charge on any atom is 0.0992 e. The van der Waals surface area contributed by atoms with E-state index in [2.05, 4.69) is 75.3 Å². The Kier molecular flexibility index (Phi) is 3.74. The van der Waals surface area contributed by atoms with Crippen LogP contribution in [-0.4, -0.2) is 4.98 Å². The number of aromatic nitrogens is 1. The molecule has 2 heteroatoms. The molecular weight excluding hydrogens is 280 g/mol. The van der Waals surface area contributed by atoms with Crippen molar-refractivity contribution in [2.24, 2.45) is 5.92 Å². The number of hydrogen-bond acceptors (Lipinski definition) is 1. The van der Waals surface area contributed by atoms with Crippen molar-refractivity contribution in [2.75, 3.05) is 0 Å². The van der Waals surface area contributed by atoms with Gasteiger partial charge in [-0.15, -0.1) is 0 Å². The molecule has 1 aromatic heterocycles. The molecule has 23 heavy (non-hydrogen) atoms. The number of aromatic amines is 1. The molecule has 0 aliphatic carbocycles. The molecule has 1 N–H and O–H groups in total. The van der Waals surface area contributed by atoms with Crippen LogP contribution < -0.4 is 0 Å². The summed E-state index contributed by atoms with van der Waals surface area (Å²) in [5.74, 6) is 0.444. The molecule has 2 aromatic carbocycles. The molecule has 2 nitrogen and oxygen atoms in total. The van der Waals surface area contributed by atoms with E-state index in [1.54, 1.807) is 0 Å². The molecule has 0 saturated heterocycles. The van der Waals surface area contributed by atoms with E-state index in [0.717, 1.165) is 5.52 Å². The average Bonchev–Trinajstić information content (AvgIpc) is 2.97. The van der Waals surface area contributed by atoms with Gasteiger partial charge < -0.3 is 4.98 Å². The van der Waals surface area contributed by atoms with Gasteiger partial charge in [0.15, 0.2) is 0 Å². The summed E-state index contributed by atoms with van der Waals surface area (Å²) in [6, 6.07) is 16.9. The van der Waals surface area contributed by atoms with Crippen molar-refractivity contribution in [3.8, 4) is 6.07 Å². The fraction of sp³-hybridized carbons (Fsp3) is 0.286. The first kappa shape index (κ1) is 15.4. The zero-order valence-electron chi connectivity index (χ0n) is 14.1. The highest BCUT2D eigenvalue weighted by atomic mass is 14.7. The second kappa shape index (κ2) is 5.59. The third-order valence-electron chi connectivity index (χ3n) is 5.18. The highest BCUT2D eigenvalue weighted by Gasteiger charge is 2.34. The number of benzene rings is 2. The number of nitrogens with one attached hydrogen (secondary N) is 1. The Labute approximate surface area is 137 Å². The zero-order valence-corrected chi connectivity index (χ0v) is 14.1. The summed E-state index contributed by atoms with van der Waals surface area (Å²) in [6.07, 6.45) is 2.10. The van der Waals surface area contributed by atoms with Gasteiger partial charge in [0.2, 0.25) is 0 Å². The molecule has 0 bridgehead atoms. The highest BCUT2D eigenvalue weighted by molar-refractivity contribution is 5.86. The second-order valence-corrected chi connectivity index (χ2v) is 6.80. The van der Waals surface area contributed by atoms with Gasteiger partial charge in [0, 0.05) is 22.5 Å². The van der Waals surface area contributed by atoms with E-state index < -0.39 is 0 Å². The van der Waals surface area contributed by atoms with Gasteiger partial charge in [0.1, 0.15) is 0 Å². The molecule has 0 aliphatic heterocycles. The van der Waals surface area contributed by atoms with Gasteiger partial charge in [-0.05, 0) is 36.1 Å². The molecule has 0 aliphatic rings. The predicted octanol–water partition coefficient (Wildman–Crippen LogP) is 5.31. The fourth-order valence-electron chi connectivity index (χ4n) is 3.33. The summed E-state index contributed by atoms with van der Waals surface area (Å²) < 4.78 is 0. The van der Waals surface area contributed by atoms with Crippen molar-refractivity contribution >= 4 is 10.9 Å². The predicted molar refractivity (Wildman–Crippen MR) is 95.5 cm³/mol. The van der Waals surface area contributed by atoms with Crippen molar-refractivity contribution in [1.82, 2.24) is 4.98 Å². The minimum absolute atomic E-state index is 0.0832. The van der Waals surface area contributed by atoms with Crippen LogP contribution in [0.4, 0.5) is 0 Å². The topological polar surface area (TPSA) is 39.6 Å². The van der Waals surface area contributed by atoms with E-state index in [-0.39, 0.29) is 5.41 Å². The van der Waals surface area contributed by atoms with Gasteiger partial charge in [-0.25, -0.2) is 0 Å². The minimum Gasteiger partial charge on any atom is -0.361 e. The van der Waals surface area contributed by atoms with Gasteiger partial charge >= 0.3 is 0 Å². The van der Waals surface area contributed by atoms with Gasteiger partial charge in [-0.1, -0.05) is 56.7 Å². The van der Waals surface area contributed by atoms with Gasteiger partial charge in [0.25, 0.3) is 0 Å². The van der Waals surface area contributed by atoms with Crippen LogP contribution in [0.25, 0.3) is 10.9 Å². The summed E-state index contributed by atoms with van der Waals surface area (Å²) in [5, 5.41) is 10.3. The number of H-pyrrole nitrogens is 1. The van der Waals surface area contributed by atoms with Gasteiger partial charge in [-0.3, -0.25) is 0 Å². The van der Waals surface area contributed by atoms with Crippen molar-refractivity contribution in [3.63, 3.8) is 0 Å². The van der Waals surface area contributed by atoms with Crippen LogP contribution in [0.1, 0.15) is 43.0 Å². The maximum absolute atomic E-state index is 9.09. The zero-order chi connectivity index (χ0) is 16.6. The highest BCUT2D eigenvalue weighted by Crippen LogP contribution is 2.42. The van der Waals surface area contributed by atoms with Gasteiger partial charge in [0.05, 0.1) is 11.6 Å². The smallest absolute Gasteiger partial charge is 0.0992 e. The summed E-state index contributed by atoms with van der Waals surface area (Å²) in [6.45, 7) is 8.96. The lowest BCUT2D eigenvalue weighted by molar-refractivity contribution is 0.408. The Morgan fingerprint density at radius 2 is 1.78 bits per heavy atom. The number of hydrogen-bond donors (Lipinski definition) is 1. The van der Waals surface area contributed by atoms with Crippen molar-refractivity contribution in [2.45, 2.75) is 33.1 Å². The molecule has 3 rings (SSSR count). The Balaban J connectivity index is 2.23. The second-order valence-electron chi connectivity index (χ2n) is 6.80. The Bertz CT molecular complexity index is 878. The molecule has 1 heterocycles. The number of aryl methyl sites for hydroxylation is 1. The number of fused-ring (bicyclic) bond motifs is 1. The van der Waals surface area contributed by atoms with Crippen LogP contribution in [0.2, 0.25) is 0 Å². The Morgan fingerprint density at radius 3 is 2.39 bits per heavy atom. The number of rotatable bonds is 3. The fourth-order valence-corrected chi connectivity index (χ4v) is 3.33. The van der Waals surface area contributed by atoms with Crippen LogP contribution in [-0.2, 0) is 5.41 Å². The van der Waals surface area contributed by atoms with Crippen molar-refractivity contribution < 1.29 is 0 Å².